The lowest BCUT2D eigenvalue weighted by Crippen LogP contribution is -2.60. The fraction of sp³-hybridized carbons (Fsp3) is 0.615. The Labute approximate surface area is 213 Å². The van der Waals surface area contributed by atoms with E-state index in [0.29, 0.717) is 19.7 Å². The van der Waals surface area contributed by atoms with E-state index >= 15 is 0 Å². The van der Waals surface area contributed by atoms with Gasteiger partial charge in [-0.15, -0.1) is 0 Å². The van der Waals surface area contributed by atoms with Crippen molar-refractivity contribution in [3.8, 4) is 0 Å². The van der Waals surface area contributed by atoms with E-state index in [2.05, 4.69) is 17.6 Å². The molecule has 1 aromatic carbocycles. The monoisotopic (exact) mass is 507 g/mol. The van der Waals surface area contributed by atoms with Crippen molar-refractivity contribution < 1.29 is 23.5 Å². The van der Waals surface area contributed by atoms with Crippen molar-refractivity contribution in [3.63, 3.8) is 0 Å². The van der Waals surface area contributed by atoms with Crippen LogP contribution in [0.25, 0.3) is 0 Å². The minimum Gasteiger partial charge on any atom is -0.466 e. The summed E-state index contributed by atoms with van der Waals surface area (Å²) in [5, 5.41) is 5.15. The third-order valence-electron chi connectivity index (χ3n) is 6.05. The molecule has 0 saturated carbocycles. The molecule has 1 unspecified atom stereocenters. The molecule has 1 aliphatic heterocycles. The highest BCUT2D eigenvalue weighted by Gasteiger charge is 2.34. The van der Waals surface area contributed by atoms with Gasteiger partial charge in [0, 0.05) is 13.1 Å². The third kappa shape index (κ3) is 10.3. The number of amides is 2. The van der Waals surface area contributed by atoms with Crippen LogP contribution in [0.15, 0.2) is 24.3 Å². The van der Waals surface area contributed by atoms with Gasteiger partial charge in [-0.05, 0) is 30.8 Å². The molecule has 0 aromatic heterocycles. The highest BCUT2D eigenvalue weighted by Crippen LogP contribution is 2.13. The van der Waals surface area contributed by atoms with Crippen molar-refractivity contribution in [1.29, 1.82) is 0 Å². The Bertz CT molecular complexity index is 852. The quantitative estimate of drug-likeness (QED) is 0.219. The maximum atomic E-state index is 13.9. The molecular weight excluding hydrogens is 469 g/mol. The number of piperazine rings is 1. The Balaban J connectivity index is 1.71. The van der Waals surface area contributed by atoms with E-state index in [4.69, 9.17) is 17.0 Å². The van der Waals surface area contributed by atoms with Crippen LogP contribution in [0.3, 0.4) is 0 Å². The Morgan fingerprint density at radius 2 is 1.71 bits per heavy atom. The zero-order chi connectivity index (χ0) is 25.5. The van der Waals surface area contributed by atoms with Crippen LogP contribution in [-0.4, -0.2) is 53.5 Å². The molecule has 2 rings (SSSR count). The fourth-order valence-corrected chi connectivity index (χ4v) is 4.35. The summed E-state index contributed by atoms with van der Waals surface area (Å²) < 4.78 is 19.2. The lowest BCUT2D eigenvalue weighted by Gasteiger charge is -2.36. The number of carbonyl (C=O) groups is 3. The Kier molecular flexibility index (Phi) is 13.3. The predicted molar refractivity (Wildman–Crippen MR) is 137 cm³/mol. The van der Waals surface area contributed by atoms with Gasteiger partial charge in [0.25, 0.3) is 5.91 Å². The molecule has 1 saturated heterocycles. The molecule has 0 aliphatic carbocycles. The molecule has 194 valence electrons. The molecule has 1 aromatic rings. The number of hydrogen-bond acceptors (Lipinski definition) is 5. The predicted octanol–water partition coefficient (Wildman–Crippen LogP) is 4.50. The largest absolute Gasteiger partial charge is 0.466 e. The van der Waals surface area contributed by atoms with Gasteiger partial charge in [-0.2, -0.15) is 0 Å². The molecule has 0 bridgehead atoms. The van der Waals surface area contributed by atoms with Crippen molar-refractivity contribution >= 4 is 35.1 Å². The average Bonchev–Trinajstić information content (AvgIpc) is 2.84. The summed E-state index contributed by atoms with van der Waals surface area (Å²) in [4.78, 5) is 38.7. The molecule has 9 heteroatoms. The molecular formula is C26H38FN3O4S. The van der Waals surface area contributed by atoms with Crippen LogP contribution in [0.5, 0.6) is 0 Å². The average molecular weight is 508 g/mol. The van der Waals surface area contributed by atoms with Gasteiger partial charge in [-0.3, -0.25) is 19.7 Å². The minimum atomic E-state index is -0.891. The van der Waals surface area contributed by atoms with Crippen LogP contribution in [0.4, 0.5) is 4.39 Å². The second-order valence-electron chi connectivity index (χ2n) is 8.85. The molecule has 0 radical (unpaired) electrons. The summed E-state index contributed by atoms with van der Waals surface area (Å²) in [6.45, 7) is 3.17. The number of nitrogens with one attached hydrogen (secondary N) is 2. The van der Waals surface area contributed by atoms with Crippen LogP contribution in [0.1, 0.15) is 87.9 Å². The number of esters is 1. The zero-order valence-electron chi connectivity index (χ0n) is 20.7. The van der Waals surface area contributed by atoms with E-state index in [0.717, 1.165) is 19.3 Å². The summed E-state index contributed by atoms with van der Waals surface area (Å²) >= 11 is 5.30. The lowest BCUT2D eigenvalue weighted by molar-refractivity contribution is -0.147. The van der Waals surface area contributed by atoms with E-state index in [-0.39, 0.29) is 23.0 Å². The molecule has 1 heterocycles. The van der Waals surface area contributed by atoms with Crippen LogP contribution < -0.4 is 10.6 Å². The number of unbranched alkanes of at least 4 members (excludes halogenated alkanes) is 9. The zero-order valence-corrected chi connectivity index (χ0v) is 21.5. The summed E-state index contributed by atoms with van der Waals surface area (Å²) in [7, 11) is 0. The maximum absolute atomic E-state index is 13.9. The number of carbonyl (C=O) groups excluding carboxylic acids is 3. The number of rotatable bonds is 14. The first-order valence-electron chi connectivity index (χ1n) is 12.7. The number of ether oxygens (including phenoxy) is 1. The smallest absolute Gasteiger partial charge is 0.308 e. The summed E-state index contributed by atoms with van der Waals surface area (Å²) in [6.07, 6.45) is 11.7. The third-order valence-corrected chi connectivity index (χ3v) is 6.39. The second-order valence-corrected chi connectivity index (χ2v) is 9.23. The van der Waals surface area contributed by atoms with Gasteiger partial charge in [0.15, 0.2) is 5.11 Å². The van der Waals surface area contributed by atoms with Gasteiger partial charge in [0.2, 0.25) is 5.91 Å². The van der Waals surface area contributed by atoms with Crippen LogP contribution >= 0.6 is 12.2 Å². The van der Waals surface area contributed by atoms with E-state index in [9.17, 15) is 18.8 Å². The fourth-order valence-electron chi connectivity index (χ4n) is 4.03. The second kappa shape index (κ2) is 16.2. The first-order chi connectivity index (χ1) is 16.9. The Hall–Kier alpha value is -2.55. The van der Waals surface area contributed by atoms with Gasteiger partial charge in [0.05, 0.1) is 18.6 Å². The summed E-state index contributed by atoms with van der Waals surface area (Å²) in [6, 6.07) is 4.66. The first-order valence-corrected chi connectivity index (χ1v) is 13.1. The number of nitrogens with zero attached hydrogens (tertiary/aromatic N) is 1. The van der Waals surface area contributed by atoms with E-state index in [1.54, 1.807) is 6.07 Å². The van der Waals surface area contributed by atoms with E-state index in [1.165, 1.54) is 68.0 Å². The maximum Gasteiger partial charge on any atom is 0.308 e. The Morgan fingerprint density at radius 1 is 1.09 bits per heavy atom. The lowest BCUT2D eigenvalue weighted by atomic mass is 10.1. The molecule has 2 amide bonds. The molecule has 2 N–H and O–H groups in total. The molecule has 1 atom stereocenters. The summed E-state index contributed by atoms with van der Waals surface area (Å²) in [5.74, 6) is -2.23. The van der Waals surface area contributed by atoms with Crippen molar-refractivity contribution in [2.45, 2.75) is 83.6 Å². The van der Waals surface area contributed by atoms with Gasteiger partial charge >= 0.3 is 5.97 Å². The van der Waals surface area contributed by atoms with Gasteiger partial charge in [-0.1, -0.05) is 76.8 Å². The van der Waals surface area contributed by atoms with Crippen LogP contribution in [-0.2, 0) is 14.3 Å². The summed E-state index contributed by atoms with van der Waals surface area (Å²) in [5.41, 5.74) is -0.149. The van der Waals surface area contributed by atoms with Crippen molar-refractivity contribution in [2.24, 2.45) is 0 Å². The minimum absolute atomic E-state index is 0.0272. The molecule has 1 fully saturated rings. The standard InChI is InChI=1S/C26H38FN3O4S/c1-2-3-4-5-6-7-8-9-10-13-18-34-23(31)19-22-25(33)28-16-17-30(22)26(35)29-24(32)20-14-11-12-15-21(20)27/h11-12,14-15,22H,2-10,13,16-19H2,1H3,(H,28,33)(H,29,32,35). The highest BCUT2D eigenvalue weighted by atomic mass is 32.1. The highest BCUT2D eigenvalue weighted by molar-refractivity contribution is 7.80. The topological polar surface area (TPSA) is 87.7 Å². The SMILES string of the molecule is CCCCCCCCCCCCOC(=O)CC1C(=O)NCCN1C(=S)NC(=O)c1ccccc1F. The number of thiocarbonyl (C=S) groups is 1. The first kappa shape index (κ1) is 28.7. The number of benzene rings is 1. The number of hydrogen-bond donors (Lipinski definition) is 2. The van der Waals surface area contributed by atoms with Crippen LogP contribution in [0.2, 0.25) is 0 Å². The van der Waals surface area contributed by atoms with Gasteiger partial charge in [-0.25, -0.2) is 4.39 Å². The molecule has 1 aliphatic rings. The molecule has 0 spiro atoms. The van der Waals surface area contributed by atoms with Crippen molar-refractivity contribution in [3.05, 3.63) is 35.6 Å². The van der Waals surface area contributed by atoms with Gasteiger partial charge in [0.1, 0.15) is 11.9 Å². The Morgan fingerprint density at radius 3 is 2.37 bits per heavy atom. The molecule has 35 heavy (non-hydrogen) atoms. The van der Waals surface area contributed by atoms with Crippen LogP contribution in [0, 0.1) is 5.82 Å². The van der Waals surface area contributed by atoms with E-state index in [1.807, 2.05) is 0 Å². The number of halogens is 1. The molecule has 7 nitrogen and oxygen atoms in total. The van der Waals surface area contributed by atoms with Crippen molar-refractivity contribution in [2.75, 3.05) is 19.7 Å². The van der Waals surface area contributed by atoms with E-state index < -0.39 is 23.7 Å². The normalized spacial score (nSPS) is 15.4. The van der Waals surface area contributed by atoms with Crippen molar-refractivity contribution in [1.82, 2.24) is 15.5 Å². The van der Waals surface area contributed by atoms with Gasteiger partial charge < -0.3 is 15.0 Å².